The molecule has 0 saturated heterocycles. The highest BCUT2D eigenvalue weighted by Gasteiger charge is 2.57. The molecule has 25 heavy (non-hydrogen) atoms. The van der Waals surface area contributed by atoms with Gasteiger partial charge < -0.3 is 9.84 Å². The molecule has 134 valence electrons. The van der Waals surface area contributed by atoms with Crippen LogP contribution in [0.1, 0.15) is 49.7 Å². The SMILES string of the molecule is COc1ccc2c(c1)CC[C@@H]1[C@@H]2CC[C@]2(C)[C@H](O)[C@H](CN=[N+]=[N-])C[C@@H]12. The van der Waals surface area contributed by atoms with Crippen molar-refractivity contribution in [3.05, 3.63) is 39.8 Å². The van der Waals surface area contributed by atoms with Crippen molar-refractivity contribution in [3.8, 4) is 5.75 Å². The third-order valence-corrected chi connectivity index (χ3v) is 7.43. The molecule has 6 atom stereocenters. The Morgan fingerprint density at radius 3 is 3.00 bits per heavy atom. The molecule has 0 amide bonds. The Hall–Kier alpha value is -1.71. The lowest BCUT2D eigenvalue weighted by Crippen LogP contribution is -2.44. The van der Waals surface area contributed by atoms with Crippen LogP contribution in [0.2, 0.25) is 0 Å². The minimum absolute atomic E-state index is 0.0270. The molecule has 3 aliphatic carbocycles. The van der Waals surface area contributed by atoms with Gasteiger partial charge >= 0.3 is 0 Å². The van der Waals surface area contributed by atoms with Crippen molar-refractivity contribution in [1.29, 1.82) is 0 Å². The fraction of sp³-hybridized carbons (Fsp3) is 0.700. The number of benzene rings is 1. The van der Waals surface area contributed by atoms with Crippen molar-refractivity contribution in [1.82, 2.24) is 0 Å². The summed E-state index contributed by atoms with van der Waals surface area (Å²) in [6, 6.07) is 6.55. The van der Waals surface area contributed by atoms with Crippen LogP contribution in [-0.4, -0.2) is 24.9 Å². The van der Waals surface area contributed by atoms with Crippen molar-refractivity contribution >= 4 is 0 Å². The maximum absolute atomic E-state index is 10.9. The number of ether oxygens (including phenoxy) is 1. The molecule has 3 aliphatic rings. The Bertz CT molecular complexity index is 715. The van der Waals surface area contributed by atoms with Gasteiger partial charge in [-0.25, -0.2) is 0 Å². The molecule has 0 spiro atoms. The van der Waals surface area contributed by atoms with Crippen LogP contribution in [0.5, 0.6) is 5.75 Å². The number of methoxy groups -OCH3 is 1. The summed E-state index contributed by atoms with van der Waals surface area (Å²) in [5, 5.41) is 14.7. The van der Waals surface area contributed by atoms with Gasteiger partial charge in [0, 0.05) is 11.5 Å². The zero-order valence-electron chi connectivity index (χ0n) is 15.1. The lowest BCUT2D eigenvalue weighted by atomic mass is 9.55. The van der Waals surface area contributed by atoms with Crippen LogP contribution in [0.15, 0.2) is 23.3 Å². The molecular formula is C20H27N3O2. The zero-order chi connectivity index (χ0) is 17.6. The second-order valence-corrected chi connectivity index (χ2v) is 8.38. The van der Waals surface area contributed by atoms with E-state index < -0.39 is 0 Å². The molecule has 2 fully saturated rings. The number of azide groups is 1. The summed E-state index contributed by atoms with van der Waals surface area (Å²) in [6.45, 7) is 2.69. The molecule has 1 aromatic carbocycles. The number of hydrogen-bond acceptors (Lipinski definition) is 3. The fourth-order valence-electron chi connectivity index (χ4n) is 6.15. The highest BCUT2D eigenvalue weighted by atomic mass is 16.5. The highest BCUT2D eigenvalue weighted by Crippen LogP contribution is 2.62. The summed E-state index contributed by atoms with van der Waals surface area (Å²) < 4.78 is 5.39. The number of aliphatic hydroxyl groups is 1. The van der Waals surface area contributed by atoms with E-state index in [9.17, 15) is 5.11 Å². The molecule has 0 aromatic heterocycles. The standard InChI is InChI=1S/C20H27N3O2/c1-20-8-7-16-15-6-4-14(25-2)9-12(15)3-5-17(16)18(20)10-13(19(20)24)11-22-23-21/h4,6,9,13,16-19,24H,3,5,7-8,10-11H2,1-2H3/t13-,16+,17+,18-,19+,20-/m0/s1. The van der Waals surface area contributed by atoms with E-state index in [-0.39, 0.29) is 17.4 Å². The maximum Gasteiger partial charge on any atom is 0.119 e. The summed E-state index contributed by atoms with van der Waals surface area (Å²) in [6.07, 6.45) is 5.12. The monoisotopic (exact) mass is 341 g/mol. The normalized spacial score (nSPS) is 38.9. The van der Waals surface area contributed by atoms with E-state index in [1.54, 1.807) is 7.11 Å². The van der Waals surface area contributed by atoms with E-state index in [4.69, 9.17) is 10.3 Å². The fourth-order valence-corrected chi connectivity index (χ4v) is 6.15. The van der Waals surface area contributed by atoms with Gasteiger partial charge in [0.25, 0.3) is 0 Å². The average molecular weight is 341 g/mol. The number of aliphatic hydroxyl groups excluding tert-OH is 1. The summed E-state index contributed by atoms with van der Waals surface area (Å²) in [5.41, 5.74) is 11.5. The summed E-state index contributed by atoms with van der Waals surface area (Å²) in [4.78, 5) is 2.90. The van der Waals surface area contributed by atoms with Crippen LogP contribution >= 0.6 is 0 Å². The molecular weight excluding hydrogens is 314 g/mol. The van der Waals surface area contributed by atoms with E-state index in [1.165, 1.54) is 17.5 Å². The second-order valence-electron chi connectivity index (χ2n) is 8.38. The summed E-state index contributed by atoms with van der Waals surface area (Å²) in [5.74, 6) is 2.81. The quantitative estimate of drug-likeness (QED) is 0.501. The molecule has 5 heteroatoms. The van der Waals surface area contributed by atoms with Crippen molar-refractivity contribution in [2.24, 2.45) is 28.3 Å². The first-order valence-electron chi connectivity index (χ1n) is 9.44. The van der Waals surface area contributed by atoms with Crippen molar-refractivity contribution in [2.45, 2.75) is 51.0 Å². The van der Waals surface area contributed by atoms with Crippen LogP contribution in [0, 0.1) is 23.2 Å². The smallest absolute Gasteiger partial charge is 0.119 e. The largest absolute Gasteiger partial charge is 0.497 e. The minimum atomic E-state index is -0.346. The van der Waals surface area contributed by atoms with Gasteiger partial charge in [-0.15, -0.1) is 0 Å². The Balaban J connectivity index is 1.63. The van der Waals surface area contributed by atoms with E-state index in [2.05, 4.69) is 35.1 Å². The van der Waals surface area contributed by atoms with Gasteiger partial charge in [0.05, 0.1) is 13.2 Å². The van der Waals surface area contributed by atoms with Gasteiger partial charge in [0.1, 0.15) is 5.75 Å². The first-order chi connectivity index (χ1) is 12.1. The lowest BCUT2D eigenvalue weighted by molar-refractivity contribution is -0.0317. The number of aryl methyl sites for hydroxylation is 1. The van der Waals surface area contributed by atoms with Gasteiger partial charge in [-0.05, 0) is 90.0 Å². The Labute approximate surface area is 149 Å². The maximum atomic E-state index is 10.9. The topological polar surface area (TPSA) is 78.2 Å². The highest BCUT2D eigenvalue weighted by molar-refractivity contribution is 5.40. The minimum Gasteiger partial charge on any atom is -0.497 e. The number of hydrogen-bond donors (Lipinski definition) is 1. The van der Waals surface area contributed by atoms with Crippen LogP contribution in [-0.2, 0) is 6.42 Å². The predicted octanol–water partition coefficient (Wildman–Crippen LogP) is 4.45. The third kappa shape index (κ3) is 2.52. The summed E-state index contributed by atoms with van der Waals surface area (Å²) in [7, 11) is 1.73. The Morgan fingerprint density at radius 2 is 2.24 bits per heavy atom. The van der Waals surface area contributed by atoms with Gasteiger partial charge in [-0.1, -0.05) is 18.1 Å². The second kappa shape index (κ2) is 6.22. The molecule has 1 aromatic rings. The van der Waals surface area contributed by atoms with Crippen LogP contribution < -0.4 is 4.74 Å². The van der Waals surface area contributed by atoms with Crippen molar-refractivity contribution < 1.29 is 9.84 Å². The molecule has 4 rings (SSSR count). The van der Waals surface area contributed by atoms with Crippen LogP contribution in [0.3, 0.4) is 0 Å². The van der Waals surface area contributed by atoms with Gasteiger partial charge in [0.15, 0.2) is 0 Å². The number of rotatable bonds is 3. The molecule has 5 nitrogen and oxygen atoms in total. The first kappa shape index (κ1) is 16.7. The van der Waals surface area contributed by atoms with Gasteiger partial charge in [0.2, 0.25) is 0 Å². The van der Waals surface area contributed by atoms with E-state index in [0.29, 0.717) is 24.3 Å². The molecule has 0 heterocycles. The average Bonchev–Trinajstić information content (AvgIpc) is 2.90. The van der Waals surface area contributed by atoms with Crippen LogP contribution in [0.4, 0.5) is 0 Å². The van der Waals surface area contributed by atoms with Gasteiger partial charge in [-0.3, -0.25) is 0 Å². The van der Waals surface area contributed by atoms with Crippen molar-refractivity contribution in [3.63, 3.8) is 0 Å². The molecule has 2 saturated carbocycles. The lowest BCUT2D eigenvalue weighted by Gasteiger charge is -2.50. The molecule has 1 N–H and O–H groups in total. The number of nitrogens with zero attached hydrogens (tertiary/aromatic N) is 3. The predicted molar refractivity (Wildman–Crippen MR) is 96.5 cm³/mol. The molecule has 0 aliphatic heterocycles. The molecule has 0 unspecified atom stereocenters. The van der Waals surface area contributed by atoms with E-state index in [1.807, 2.05) is 0 Å². The van der Waals surface area contributed by atoms with Crippen LogP contribution in [0.25, 0.3) is 10.4 Å². The van der Waals surface area contributed by atoms with Gasteiger partial charge in [-0.2, -0.15) is 0 Å². The number of fused-ring (bicyclic) bond motifs is 5. The third-order valence-electron chi connectivity index (χ3n) is 7.43. The van der Waals surface area contributed by atoms with E-state index >= 15 is 0 Å². The summed E-state index contributed by atoms with van der Waals surface area (Å²) >= 11 is 0. The zero-order valence-corrected chi connectivity index (χ0v) is 15.1. The Morgan fingerprint density at radius 1 is 1.40 bits per heavy atom. The molecule has 0 radical (unpaired) electrons. The first-order valence-corrected chi connectivity index (χ1v) is 9.44. The van der Waals surface area contributed by atoms with E-state index in [0.717, 1.165) is 31.4 Å². The van der Waals surface area contributed by atoms with Crippen molar-refractivity contribution in [2.75, 3.05) is 13.7 Å². The molecule has 0 bridgehead atoms. The Kier molecular flexibility index (Phi) is 4.17.